The van der Waals surface area contributed by atoms with E-state index < -0.39 is 5.97 Å². The highest BCUT2D eigenvalue weighted by molar-refractivity contribution is 5.66. The van der Waals surface area contributed by atoms with Gasteiger partial charge in [-0.3, -0.25) is 9.69 Å². The third kappa shape index (κ3) is 8.18. The molecule has 0 aromatic carbocycles. The van der Waals surface area contributed by atoms with Gasteiger partial charge in [-0.25, -0.2) is 0 Å². The zero-order valence-electron chi connectivity index (χ0n) is 12.1. The summed E-state index contributed by atoms with van der Waals surface area (Å²) in [5.41, 5.74) is 0. The lowest BCUT2D eigenvalue weighted by molar-refractivity contribution is -0.137. The molecule has 5 heteroatoms. The van der Waals surface area contributed by atoms with E-state index in [2.05, 4.69) is 16.7 Å². The standard InChI is InChI=1S/C14H28N2O3/c1-2-3-4-6-15(7-5-14(17)18)8-9-16-10-12-19-13-11-16/h2-13H2,1H3,(H,17,18). The minimum atomic E-state index is -0.702. The van der Waals surface area contributed by atoms with E-state index in [0.29, 0.717) is 6.54 Å². The fourth-order valence-electron chi connectivity index (χ4n) is 2.28. The van der Waals surface area contributed by atoms with Crippen molar-refractivity contribution < 1.29 is 14.6 Å². The maximum absolute atomic E-state index is 10.7. The second kappa shape index (κ2) is 10.2. The van der Waals surface area contributed by atoms with Crippen LogP contribution in [0.5, 0.6) is 0 Å². The largest absolute Gasteiger partial charge is 0.481 e. The number of carbonyl (C=O) groups is 1. The van der Waals surface area contributed by atoms with Crippen LogP contribution in [0, 0.1) is 0 Å². The van der Waals surface area contributed by atoms with Crippen molar-refractivity contribution in [1.82, 2.24) is 9.80 Å². The fourth-order valence-corrected chi connectivity index (χ4v) is 2.28. The highest BCUT2D eigenvalue weighted by Crippen LogP contribution is 2.02. The Morgan fingerprint density at radius 2 is 1.95 bits per heavy atom. The van der Waals surface area contributed by atoms with Crippen LogP contribution in [-0.4, -0.2) is 73.4 Å². The lowest BCUT2D eigenvalue weighted by Gasteiger charge is -2.29. The van der Waals surface area contributed by atoms with Crippen LogP contribution in [0.15, 0.2) is 0 Å². The van der Waals surface area contributed by atoms with Gasteiger partial charge in [0.05, 0.1) is 19.6 Å². The van der Waals surface area contributed by atoms with E-state index in [9.17, 15) is 4.79 Å². The Labute approximate surface area is 116 Å². The molecular weight excluding hydrogens is 244 g/mol. The Balaban J connectivity index is 2.23. The number of morpholine rings is 1. The van der Waals surface area contributed by atoms with Crippen LogP contribution in [0.1, 0.15) is 32.6 Å². The Kier molecular flexibility index (Phi) is 8.79. The molecule has 0 atom stereocenters. The number of aliphatic carboxylic acids is 1. The van der Waals surface area contributed by atoms with Crippen LogP contribution in [0.2, 0.25) is 0 Å². The number of hydrogen-bond donors (Lipinski definition) is 1. The van der Waals surface area contributed by atoms with Gasteiger partial charge in [0.15, 0.2) is 0 Å². The molecule has 0 unspecified atom stereocenters. The van der Waals surface area contributed by atoms with Crippen molar-refractivity contribution in [2.45, 2.75) is 32.6 Å². The molecular formula is C14H28N2O3. The molecule has 1 fully saturated rings. The number of nitrogens with zero attached hydrogens (tertiary/aromatic N) is 2. The number of carboxylic acids is 1. The maximum atomic E-state index is 10.7. The second-order valence-corrected chi connectivity index (χ2v) is 5.15. The molecule has 1 N–H and O–H groups in total. The van der Waals surface area contributed by atoms with Crippen LogP contribution in [0.4, 0.5) is 0 Å². The van der Waals surface area contributed by atoms with Crippen LogP contribution in [-0.2, 0) is 9.53 Å². The fraction of sp³-hybridized carbons (Fsp3) is 0.929. The third-order valence-corrected chi connectivity index (χ3v) is 3.56. The summed E-state index contributed by atoms with van der Waals surface area (Å²) in [5.74, 6) is -0.702. The lowest BCUT2D eigenvalue weighted by atomic mass is 10.2. The number of carboxylic acid groups (broad SMARTS) is 1. The molecule has 1 aliphatic rings. The predicted octanol–water partition coefficient (Wildman–Crippen LogP) is 1.29. The minimum Gasteiger partial charge on any atom is -0.481 e. The van der Waals surface area contributed by atoms with Crippen molar-refractivity contribution in [3.8, 4) is 0 Å². The van der Waals surface area contributed by atoms with E-state index in [1.807, 2.05) is 0 Å². The minimum absolute atomic E-state index is 0.245. The smallest absolute Gasteiger partial charge is 0.304 e. The first-order valence-corrected chi connectivity index (χ1v) is 7.46. The molecule has 1 aliphatic heterocycles. The van der Waals surface area contributed by atoms with Gasteiger partial charge in [-0.1, -0.05) is 19.8 Å². The molecule has 0 aromatic rings. The Hall–Kier alpha value is -0.650. The van der Waals surface area contributed by atoms with E-state index in [1.165, 1.54) is 19.3 Å². The summed E-state index contributed by atoms with van der Waals surface area (Å²) in [6, 6.07) is 0. The molecule has 1 heterocycles. The predicted molar refractivity (Wildman–Crippen MR) is 75.5 cm³/mol. The van der Waals surface area contributed by atoms with Crippen molar-refractivity contribution in [1.29, 1.82) is 0 Å². The summed E-state index contributed by atoms with van der Waals surface area (Å²) in [6.07, 6.45) is 3.84. The highest BCUT2D eigenvalue weighted by atomic mass is 16.5. The van der Waals surface area contributed by atoms with Gasteiger partial charge >= 0.3 is 5.97 Å². The first-order valence-electron chi connectivity index (χ1n) is 7.46. The molecule has 112 valence electrons. The first-order chi connectivity index (χ1) is 9.22. The summed E-state index contributed by atoms with van der Waals surface area (Å²) in [5, 5.41) is 8.80. The zero-order valence-corrected chi connectivity index (χ0v) is 12.1. The van der Waals surface area contributed by atoms with E-state index >= 15 is 0 Å². The summed E-state index contributed by atoms with van der Waals surface area (Å²) in [7, 11) is 0. The van der Waals surface area contributed by atoms with Gasteiger partial charge in [0, 0.05) is 32.7 Å². The van der Waals surface area contributed by atoms with E-state index in [1.54, 1.807) is 0 Å². The normalized spacial score (nSPS) is 16.9. The van der Waals surface area contributed by atoms with Crippen LogP contribution >= 0.6 is 0 Å². The number of unbranched alkanes of at least 4 members (excludes halogenated alkanes) is 2. The molecule has 1 rings (SSSR count). The Morgan fingerprint density at radius 1 is 1.21 bits per heavy atom. The Morgan fingerprint density at radius 3 is 2.58 bits per heavy atom. The second-order valence-electron chi connectivity index (χ2n) is 5.15. The average molecular weight is 272 g/mol. The van der Waals surface area contributed by atoms with E-state index in [4.69, 9.17) is 9.84 Å². The third-order valence-electron chi connectivity index (χ3n) is 3.56. The molecule has 1 saturated heterocycles. The van der Waals surface area contributed by atoms with E-state index in [-0.39, 0.29) is 6.42 Å². The van der Waals surface area contributed by atoms with Gasteiger partial charge in [-0.15, -0.1) is 0 Å². The van der Waals surface area contributed by atoms with Crippen molar-refractivity contribution >= 4 is 5.97 Å². The average Bonchev–Trinajstić information content (AvgIpc) is 2.42. The molecule has 5 nitrogen and oxygen atoms in total. The number of ether oxygens (including phenoxy) is 1. The zero-order chi connectivity index (χ0) is 13.9. The van der Waals surface area contributed by atoms with Gasteiger partial charge < -0.3 is 14.7 Å². The molecule has 0 spiro atoms. The maximum Gasteiger partial charge on any atom is 0.304 e. The summed E-state index contributed by atoms with van der Waals surface area (Å²) in [4.78, 5) is 15.4. The van der Waals surface area contributed by atoms with Gasteiger partial charge in [0.25, 0.3) is 0 Å². The van der Waals surface area contributed by atoms with Crippen molar-refractivity contribution in [2.75, 3.05) is 52.5 Å². The number of rotatable bonds is 10. The quantitative estimate of drug-likeness (QED) is 0.607. The molecule has 0 radical (unpaired) electrons. The SMILES string of the molecule is CCCCCN(CCC(=O)O)CCN1CCOCC1. The van der Waals surface area contributed by atoms with Gasteiger partial charge in [0.1, 0.15) is 0 Å². The number of hydrogen-bond acceptors (Lipinski definition) is 4. The van der Waals surface area contributed by atoms with Crippen molar-refractivity contribution in [3.63, 3.8) is 0 Å². The summed E-state index contributed by atoms with van der Waals surface area (Å²) < 4.78 is 5.33. The van der Waals surface area contributed by atoms with Crippen LogP contribution < -0.4 is 0 Å². The lowest BCUT2D eigenvalue weighted by Crippen LogP contribution is -2.42. The summed E-state index contributed by atoms with van der Waals surface area (Å²) >= 11 is 0. The molecule has 0 aliphatic carbocycles. The van der Waals surface area contributed by atoms with Crippen molar-refractivity contribution in [3.05, 3.63) is 0 Å². The van der Waals surface area contributed by atoms with Gasteiger partial charge in [-0.2, -0.15) is 0 Å². The van der Waals surface area contributed by atoms with Crippen LogP contribution in [0.25, 0.3) is 0 Å². The Bertz CT molecular complexity index is 243. The first kappa shape index (κ1) is 16.4. The molecule has 0 saturated carbocycles. The summed E-state index contributed by atoms with van der Waals surface area (Å²) in [6.45, 7) is 9.52. The molecule has 0 aromatic heterocycles. The van der Waals surface area contributed by atoms with Gasteiger partial charge in [-0.05, 0) is 13.0 Å². The topological polar surface area (TPSA) is 53.0 Å². The molecule has 0 amide bonds. The van der Waals surface area contributed by atoms with E-state index in [0.717, 1.165) is 45.9 Å². The monoisotopic (exact) mass is 272 g/mol. The van der Waals surface area contributed by atoms with Crippen LogP contribution in [0.3, 0.4) is 0 Å². The van der Waals surface area contributed by atoms with Gasteiger partial charge in [0.2, 0.25) is 0 Å². The molecule has 19 heavy (non-hydrogen) atoms. The highest BCUT2D eigenvalue weighted by Gasteiger charge is 2.13. The van der Waals surface area contributed by atoms with Crippen molar-refractivity contribution in [2.24, 2.45) is 0 Å². The molecule has 0 bridgehead atoms.